The van der Waals surface area contributed by atoms with E-state index in [9.17, 15) is 5.11 Å². The van der Waals surface area contributed by atoms with Crippen molar-refractivity contribution in [1.82, 2.24) is 0 Å². The maximum Gasteiger partial charge on any atom is 0.193 e. The van der Waals surface area contributed by atoms with Crippen molar-refractivity contribution in [3.05, 3.63) is 52.9 Å². The number of furan rings is 1. The molecule has 0 radical (unpaired) electrons. The SMILES string of the molecule is COc1ccccc1C(CN)C(O)c1ccc(Cl)o1. The number of hydrogen-bond acceptors (Lipinski definition) is 4. The van der Waals surface area contributed by atoms with E-state index < -0.39 is 6.10 Å². The van der Waals surface area contributed by atoms with Gasteiger partial charge in [-0.2, -0.15) is 0 Å². The second kappa shape index (κ2) is 6.10. The zero-order valence-corrected chi connectivity index (χ0v) is 11.3. The second-order valence-electron chi connectivity index (χ2n) is 4.17. The summed E-state index contributed by atoms with van der Waals surface area (Å²) in [5.74, 6) is 0.763. The third-order valence-electron chi connectivity index (χ3n) is 3.06. The van der Waals surface area contributed by atoms with Gasteiger partial charge in [0.05, 0.1) is 7.11 Å². The van der Waals surface area contributed by atoms with Crippen molar-refractivity contribution >= 4 is 11.6 Å². The Labute approximate surface area is 116 Å². The summed E-state index contributed by atoms with van der Waals surface area (Å²) in [6.45, 7) is 0.264. The van der Waals surface area contributed by atoms with Gasteiger partial charge in [0, 0.05) is 18.0 Å². The summed E-state index contributed by atoms with van der Waals surface area (Å²) >= 11 is 5.72. The van der Waals surface area contributed by atoms with Gasteiger partial charge in [-0.25, -0.2) is 0 Å². The minimum absolute atomic E-state index is 0.241. The van der Waals surface area contributed by atoms with Crippen LogP contribution in [0.5, 0.6) is 5.75 Å². The third-order valence-corrected chi connectivity index (χ3v) is 3.26. The van der Waals surface area contributed by atoms with Crippen LogP contribution in [0.3, 0.4) is 0 Å². The first-order chi connectivity index (χ1) is 9.17. The number of hydrogen-bond donors (Lipinski definition) is 2. The van der Waals surface area contributed by atoms with E-state index in [2.05, 4.69) is 0 Å². The third kappa shape index (κ3) is 2.92. The van der Waals surface area contributed by atoms with E-state index in [1.54, 1.807) is 19.2 Å². The fourth-order valence-electron chi connectivity index (χ4n) is 2.08. The molecule has 2 atom stereocenters. The molecule has 4 nitrogen and oxygen atoms in total. The first-order valence-electron chi connectivity index (χ1n) is 5.93. The number of para-hydroxylation sites is 1. The molecule has 0 fully saturated rings. The molecule has 1 aromatic carbocycles. The molecule has 0 spiro atoms. The van der Waals surface area contributed by atoms with Gasteiger partial charge in [0.15, 0.2) is 5.22 Å². The quantitative estimate of drug-likeness (QED) is 0.884. The van der Waals surface area contributed by atoms with Gasteiger partial charge in [-0.3, -0.25) is 0 Å². The number of aliphatic hydroxyl groups excluding tert-OH is 1. The number of ether oxygens (including phenoxy) is 1. The van der Waals surface area contributed by atoms with Crippen LogP contribution >= 0.6 is 11.6 Å². The topological polar surface area (TPSA) is 68.6 Å². The van der Waals surface area contributed by atoms with E-state index in [1.807, 2.05) is 24.3 Å². The zero-order valence-electron chi connectivity index (χ0n) is 10.5. The van der Waals surface area contributed by atoms with Gasteiger partial charge in [-0.15, -0.1) is 0 Å². The van der Waals surface area contributed by atoms with Crippen molar-refractivity contribution < 1.29 is 14.3 Å². The van der Waals surface area contributed by atoms with Gasteiger partial charge in [-0.1, -0.05) is 18.2 Å². The number of rotatable bonds is 5. The van der Waals surface area contributed by atoms with Crippen LogP contribution in [0.1, 0.15) is 23.3 Å². The first kappa shape index (κ1) is 13.9. The molecule has 1 heterocycles. The highest BCUT2D eigenvalue weighted by Crippen LogP contribution is 2.36. The molecule has 0 saturated carbocycles. The number of methoxy groups -OCH3 is 1. The number of benzene rings is 1. The molecule has 0 aliphatic rings. The molecule has 3 N–H and O–H groups in total. The normalized spacial score (nSPS) is 14.1. The predicted molar refractivity (Wildman–Crippen MR) is 73.5 cm³/mol. The summed E-state index contributed by atoms with van der Waals surface area (Å²) < 4.78 is 10.5. The summed E-state index contributed by atoms with van der Waals surface area (Å²) in [6.07, 6.45) is -0.867. The van der Waals surface area contributed by atoms with Crippen LogP contribution in [0.2, 0.25) is 5.22 Å². The molecule has 102 valence electrons. The van der Waals surface area contributed by atoms with Crippen LogP contribution in [0.25, 0.3) is 0 Å². The molecule has 2 rings (SSSR count). The largest absolute Gasteiger partial charge is 0.496 e. The number of halogens is 1. The Bertz CT molecular complexity index is 541. The Hall–Kier alpha value is -1.49. The Balaban J connectivity index is 2.33. The maximum atomic E-state index is 10.4. The fourth-order valence-corrected chi connectivity index (χ4v) is 2.24. The van der Waals surface area contributed by atoms with Gasteiger partial charge in [-0.05, 0) is 29.8 Å². The molecule has 0 aliphatic carbocycles. The monoisotopic (exact) mass is 281 g/mol. The number of nitrogens with two attached hydrogens (primary N) is 1. The molecule has 5 heteroatoms. The lowest BCUT2D eigenvalue weighted by Crippen LogP contribution is -2.20. The molecule has 2 unspecified atom stereocenters. The minimum Gasteiger partial charge on any atom is -0.496 e. The molecule has 19 heavy (non-hydrogen) atoms. The van der Waals surface area contributed by atoms with E-state index in [-0.39, 0.29) is 17.7 Å². The van der Waals surface area contributed by atoms with E-state index in [4.69, 9.17) is 26.5 Å². The van der Waals surface area contributed by atoms with Crippen molar-refractivity contribution in [1.29, 1.82) is 0 Å². The summed E-state index contributed by atoms with van der Waals surface area (Å²) in [4.78, 5) is 0. The maximum absolute atomic E-state index is 10.4. The smallest absolute Gasteiger partial charge is 0.193 e. The Kier molecular flexibility index (Phi) is 4.47. The lowest BCUT2D eigenvalue weighted by atomic mass is 9.91. The Morgan fingerprint density at radius 3 is 2.63 bits per heavy atom. The van der Waals surface area contributed by atoms with Crippen LogP contribution in [-0.2, 0) is 0 Å². The molecule has 0 saturated heterocycles. The number of aliphatic hydroxyl groups is 1. The highest BCUT2D eigenvalue weighted by Gasteiger charge is 2.26. The molecular weight excluding hydrogens is 266 g/mol. The Morgan fingerprint density at radius 1 is 1.32 bits per heavy atom. The second-order valence-corrected chi connectivity index (χ2v) is 4.54. The van der Waals surface area contributed by atoms with Crippen molar-refractivity contribution in [2.24, 2.45) is 5.73 Å². The van der Waals surface area contributed by atoms with Crippen LogP contribution in [0.15, 0.2) is 40.8 Å². The summed E-state index contributed by atoms with van der Waals surface area (Å²) in [6, 6.07) is 10.7. The van der Waals surface area contributed by atoms with Gasteiger partial charge < -0.3 is 20.0 Å². The highest BCUT2D eigenvalue weighted by molar-refractivity contribution is 6.28. The van der Waals surface area contributed by atoms with E-state index >= 15 is 0 Å². The minimum atomic E-state index is -0.867. The lowest BCUT2D eigenvalue weighted by Gasteiger charge is -2.22. The van der Waals surface area contributed by atoms with Crippen molar-refractivity contribution in [3.8, 4) is 5.75 Å². The van der Waals surface area contributed by atoms with Crippen molar-refractivity contribution in [3.63, 3.8) is 0 Å². The predicted octanol–water partition coefficient (Wildman–Crippen LogP) is 2.72. The van der Waals surface area contributed by atoms with Crippen molar-refractivity contribution in [2.45, 2.75) is 12.0 Å². The summed E-state index contributed by atoms with van der Waals surface area (Å²) in [5, 5.41) is 10.6. The van der Waals surface area contributed by atoms with Crippen LogP contribution in [0.4, 0.5) is 0 Å². The van der Waals surface area contributed by atoms with Gasteiger partial charge in [0.2, 0.25) is 0 Å². The van der Waals surface area contributed by atoms with Crippen molar-refractivity contribution in [2.75, 3.05) is 13.7 Å². The van der Waals surface area contributed by atoms with Crippen LogP contribution < -0.4 is 10.5 Å². The Morgan fingerprint density at radius 2 is 2.05 bits per heavy atom. The van der Waals surface area contributed by atoms with Crippen LogP contribution in [0, 0.1) is 0 Å². The van der Waals surface area contributed by atoms with Gasteiger partial charge in [0.1, 0.15) is 17.6 Å². The first-order valence-corrected chi connectivity index (χ1v) is 6.31. The van der Waals surface area contributed by atoms with E-state index in [0.717, 1.165) is 5.56 Å². The van der Waals surface area contributed by atoms with E-state index in [0.29, 0.717) is 11.5 Å². The van der Waals surface area contributed by atoms with Gasteiger partial charge >= 0.3 is 0 Å². The summed E-state index contributed by atoms with van der Waals surface area (Å²) in [7, 11) is 1.59. The molecule has 1 aromatic heterocycles. The molecular formula is C14H16ClNO3. The van der Waals surface area contributed by atoms with E-state index in [1.165, 1.54) is 0 Å². The molecule has 2 aromatic rings. The van der Waals surface area contributed by atoms with Crippen LogP contribution in [-0.4, -0.2) is 18.8 Å². The average molecular weight is 282 g/mol. The molecule has 0 amide bonds. The van der Waals surface area contributed by atoms with Gasteiger partial charge in [0.25, 0.3) is 0 Å². The standard InChI is InChI=1S/C14H16ClNO3/c1-18-11-5-3-2-4-9(11)10(8-16)14(17)12-6-7-13(15)19-12/h2-7,10,14,17H,8,16H2,1H3. The highest BCUT2D eigenvalue weighted by atomic mass is 35.5. The molecule has 0 bridgehead atoms. The average Bonchev–Trinajstić information content (AvgIpc) is 2.86. The lowest BCUT2D eigenvalue weighted by molar-refractivity contribution is 0.121. The summed E-state index contributed by atoms with van der Waals surface area (Å²) in [5.41, 5.74) is 6.62. The molecule has 0 aliphatic heterocycles. The fraction of sp³-hybridized carbons (Fsp3) is 0.286. The zero-order chi connectivity index (χ0) is 13.8.